The van der Waals surface area contributed by atoms with Crippen molar-refractivity contribution in [2.75, 3.05) is 6.54 Å². The molecule has 2 heterocycles. The van der Waals surface area contributed by atoms with Crippen molar-refractivity contribution in [2.24, 2.45) is 0 Å². The average Bonchev–Trinajstić information content (AvgIpc) is 2.97. The van der Waals surface area contributed by atoms with E-state index in [9.17, 15) is 14.7 Å². The van der Waals surface area contributed by atoms with Crippen molar-refractivity contribution in [1.82, 2.24) is 14.5 Å². The molecule has 0 aliphatic carbocycles. The molecule has 0 spiro atoms. The maximum Gasteiger partial charge on any atom is 0.329 e. The number of carbonyl (C=O) groups excluding carboxylic acids is 1. The number of aromatic nitrogens is 2. The lowest BCUT2D eigenvalue weighted by molar-refractivity contribution is -0.148. The topological polar surface area (TPSA) is 83.4 Å². The number of nitrogens with zero attached hydrogens (tertiary/aromatic N) is 3. The molecule has 1 unspecified atom stereocenters. The molecule has 1 amide bonds. The molecule has 1 aromatic heterocycles. The Bertz CT molecular complexity index is 434. The zero-order valence-corrected chi connectivity index (χ0v) is 10.2. The minimum absolute atomic E-state index is 0.276. The molecular formula is C10H13N3O3S. The molecular weight excluding hydrogens is 242 g/mol. The van der Waals surface area contributed by atoms with E-state index < -0.39 is 11.5 Å². The zero-order chi connectivity index (χ0) is 12.5. The van der Waals surface area contributed by atoms with Gasteiger partial charge < -0.3 is 10.0 Å². The number of amides is 1. The van der Waals surface area contributed by atoms with Gasteiger partial charge >= 0.3 is 5.97 Å². The highest BCUT2D eigenvalue weighted by atomic mass is 32.1. The molecule has 1 atom stereocenters. The van der Waals surface area contributed by atoms with E-state index in [0.29, 0.717) is 24.3 Å². The second kappa shape index (κ2) is 4.40. The number of hydrogen-bond donors (Lipinski definition) is 1. The molecule has 1 aromatic rings. The van der Waals surface area contributed by atoms with Crippen LogP contribution in [0.2, 0.25) is 0 Å². The normalized spacial score (nSPS) is 23.9. The molecule has 1 aliphatic heterocycles. The molecule has 0 saturated carbocycles. The van der Waals surface area contributed by atoms with Crippen LogP contribution in [0, 0.1) is 0 Å². The predicted molar refractivity (Wildman–Crippen MR) is 60.8 cm³/mol. The van der Waals surface area contributed by atoms with E-state index in [1.807, 2.05) is 0 Å². The summed E-state index contributed by atoms with van der Waals surface area (Å²) in [5.41, 5.74) is -1.05. The number of aliphatic carboxylic acids is 1. The van der Waals surface area contributed by atoms with Crippen LogP contribution in [-0.2, 0) is 4.79 Å². The highest BCUT2D eigenvalue weighted by Crippen LogP contribution is 2.34. The molecule has 6 nitrogen and oxygen atoms in total. The van der Waals surface area contributed by atoms with Crippen LogP contribution in [0.1, 0.15) is 35.9 Å². The minimum atomic E-state index is -1.05. The molecule has 0 bridgehead atoms. The Morgan fingerprint density at radius 3 is 2.94 bits per heavy atom. The van der Waals surface area contributed by atoms with Crippen molar-refractivity contribution in [3.05, 3.63) is 11.1 Å². The lowest BCUT2D eigenvalue weighted by Gasteiger charge is -2.33. The molecule has 1 N–H and O–H groups in total. The summed E-state index contributed by atoms with van der Waals surface area (Å²) in [6.45, 7) is 2.28. The molecule has 1 saturated heterocycles. The van der Waals surface area contributed by atoms with Gasteiger partial charge in [-0.25, -0.2) is 4.79 Å². The lowest BCUT2D eigenvalue weighted by Crippen LogP contribution is -2.52. The van der Waals surface area contributed by atoms with E-state index >= 15 is 0 Å². The second-order valence-electron chi connectivity index (χ2n) is 4.03. The van der Waals surface area contributed by atoms with Gasteiger partial charge in [0, 0.05) is 6.54 Å². The van der Waals surface area contributed by atoms with Crippen molar-refractivity contribution in [3.8, 4) is 0 Å². The van der Waals surface area contributed by atoms with E-state index in [1.165, 1.54) is 11.1 Å². The third-order valence-corrected chi connectivity index (χ3v) is 3.94. The molecule has 0 radical (unpaired) electrons. The van der Waals surface area contributed by atoms with Crippen molar-refractivity contribution in [2.45, 2.75) is 31.7 Å². The molecule has 1 aliphatic rings. The Balaban J connectivity index is 2.31. The van der Waals surface area contributed by atoms with Crippen LogP contribution in [-0.4, -0.2) is 43.6 Å². The van der Waals surface area contributed by atoms with Gasteiger partial charge in [-0.2, -0.15) is 0 Å². The van der Waals surface area contributed by atoms with Crippen LogP contribution in [0.4, 0.5) is 0 Å². The standard InChI is InChI=1S/C10H13N3O3S/c1-2-10(9(15)16)4-3-5-13(10)8(14)7-6-11-12-17-7/h6H,2-5H2,1H3,(H,15,16). The van der Waals surface area contributed by atoms with Gasteiger partial charge in [-0.15, -0.1) is 5.10 Å². The first-order valence-corrected chi connectivity index (χ1v) is 6.22. The fourth-order valence-electron chi connectivity index (χ4n) is 2.31. The lowest BCUT2D eigenvalue weighted by atomic mass is 9.93. The number of hydrogen-bond acceptors (Lipinski definition) is 5. The van der Waals surface area contributed by atoms with Crippen molar-refractivity contribution < 1.29 is 14.7 Å². The van der Waals surface area contributed by atoms with E-state index in [1.54, 1.807) is 6.92 Å². The second-order valence-corrected chi connectivity index (χ2v) is 4.82. The van der Waals surface area contributed by atoms with E-state index in [2.05, 4.69) is 9.59 Å². The third-order valence-electron chi connectivity index (χ3n) is 3.29. The van der Waals surface area contributed by atoms with Crippen LogP contribution >= 0.6 is 11.5 Å². The predicted octanol–water partition coefficient (Wildman–Crippen LogP) is 1.01. The van der Waals surface area contributed by atoms with Gasteiger partial charge in [0.25, 0.3) is 5.91 Å². The first-order chi connectivity index (χ1) is 8.12. The SMILES string of the molecule is CCC1(C(=O)O)CCCN1C(=O)c1cnns1. The summed E-state index contributed by atoms with van der Waals surface area (Å²) in [7, 11) is 0. The van der Waals surface area contributed by atoms with Crippen molar-refractivity contribution in [1.29, 1.82) is 0 Å². The summed E-state index contributed by atoms with van der Waals surface area (Å²) in [4.78, 5) is 25.4. The molecule has 1 fully saturated rings. The summed E-state index contributed by atoms with van der Waals surface area (Å²) >= 11 is 0.996. The van der Waals surface area contributed by atoms with Crippen LogP contribution in [0.5, 0.6) is 0 Å². The number of carboxylic acid groups (broad SMARTS) is 1. The summed E-state index contributed by atoms with van der Waals surface area (Å²) in [5, 5.41) is 13.0. The summed E-state index contributed by atoms with van der Waals surface area (Å²) < 4.78 is 3.63. The number of carbonyl (C=O) groups is 2. The van der Waals surface area contributed by atoms with Crippen LogP contribution in [0.25, 0.3) is 0 Å². The largest absolute Gasteiger partial charge is 0.479 e. The summed E-state index contributed by atoms with van der Waals surface area (Å²) in [6.07, 6.45) is 3.03. The molecule has 7 heteroatoms. The maximum atomic E-state index is 12.2. The Morgan fingerprint density at radius 2 is 2.41 bits per heavy atom. The number of rotatable bonds is 3. The Morgan fingerprint density at radius 1 is 1.65 bits per heavy atom. The molecule has 0 aromatic carbocycles. The van der Waals surface area contributed by atoms with Gasteiger partial charge in [0.2, 0.25) is 0 Å². The molecule has 17 heavy (non-hydrogen) atoms. The van der Waals surface area contributed by atoms with E-state index in [-0.39, 0.29) is 5.91 Å². The van der Waals surface area contributed by atoms with Crippen LogP contribution in [0.15, 0.2) is 6.20 Å². The first kappa shape index (κ1) is 12.0. The average molecular weight is 255 g/mol. The molecule has 92 valence electrons. The fourth-order valence-corrected chi connectivity index (χ4v) is 2.77. The summed E-state index contributed by atoms with van der Waals surface area (Å²) in [5.74, 6) is -1.20. The van der Waals surface area contributed by atoms with Gasteiger partial charge in [-0.05, 0) is 30.8 Å². The van der Waals surface area contributed by atoms with Gasteiger partial charge in [-0.1, -0.05) is 11.4 Å². The van der Waals surface area contributed by atoms with E-state index in [0.717, 1.165) is 18.0 Å². The Kier molecular flexibility index (Phi) is 3.10. The van der Waals surface area contributed by atoms with Gasteiger partial charge in [-0.3, -0.25) is 4.79 Å². The van der Waals surface area contributed by atoms with Crippen molar-refractivity contribution in [3.63, 3.8) is 0 Å². The van der Waals surface area contributed by atoms with Crippen LogP contribution in [0.3, 0.4) is 0 Å². The highest BCUT2D eigenvalue weighted by Gasteiger charge is 2.48. The first-order valence-electron chi connectivity index (χ1n) is 5.44. The monoisotopic (exact) mass is 255 g/mol. The number of carboxylic acids is 1. The van der Waals surface area contributed by atoms with Crippen LogP contribution < -0.4 is 0 Å². The minimum Gasteiger partial charge on any atom is -0.479 e. The highest BCUT2D eigenvalue weighted by molar-refractivity contribution is 7.07. The smallest absolute Gasteiger partial charge is 0.329 e. The molecule has 2 rings (SSSR count). The summed E-state index contributed by atoms with van der Waals surface area (Å²) in [6, 6.07) is 0. The third kappa shape index (κ3) is 1.80. The van der Waals surface area contributed by atoms with Gasteiger partial charge in [0.1, 0.15) is 10.4 Å². The Labute approximate surface area is 102 Å². The zero-order valence-electron chi connectivity index (χ0n) is 9.42. The van der Waals surface area contributed by atoms with Crippen molar-refractivity contribution >= 4 is 23.4 Å². The quantitative estimate of drug-likeness (QED) is 0.871. The Hall–Kier alpha value is -1.50. The van der Waals surface area contributed by atoms with Gasteiger partial charge in [0.15, 0.2) is 0 Å². The maximum absolute atomic E-state index is 12.2. The van der Waals surface area contributed by atoms with E-state index in [4.69, 9.17) is 0 Å². The fraction of sp³-hybridized carbons (Fsp3) is 0.600. The number of likely N-dealkylation sites (tertiary alicyclic amines) is 1. The van der Waals surface area contributed by atoms with Gasteiger partial charge in [0.05, 0.1) is 6.20 Å².